The number of benzene rings is 1. The summed E-state index contributed by atoms with van der Waals surface area (Å²) in [6.45, 7) is 5.88. The smallest absolute Gasteiger partial charge is 0.142 e. The van der Waals surface area contributed by atoms with E-state index in [0.29, 0.717) is 0 Å². The molecular weight excluding hydrogens is 242 g/mol. The third kappa shape index (κ3) is 3.26. The first-order chi connectivity index (χ1) is 8.81. The minimum Gasteiger partial charge on any atom is -0.491 e. The lowest BCUT2D eigenvalue weighted by atomic mass is 10.2. The molecule has 0 unspecified atom stereocenters. The highest BCUT2D eigenvalue weighted by Gasteiger charge is 2.04. The molecule has 18 heavy (non-hydrogen) atoms. The first-order valence-corrected chi connectivity index (χ1v) is 7.18. The molecule has 96 valence electrons. The molecule has 2 nitrogen and oxygen atoms in total. The molecule has 0 atom stereocenters. The molecule has 1 aromatic carbocycles. The van der Waals surface area contributed by atoms with Crippen LogP contribution >= 0.6 is 11.3 Å². The molecule has 0 amide bonds. The summed E-state index contributed by atoms with van der Waals surface area (Å²) in [6.07, 6.45) is 1.03. The van der Waals surface area contributed by atoms with Gasteiger partial charge in [-0.3, -0.25) is 0 Å². The average molecular weight is 261 g/mol. The Hall–Kier alpha value is -1.48. The summed E-state index contributed by atoms with van der Waals surface area (Å²) < 4.78 is 5.73. The molecule has 1 heterocycles. The van der Waals surface area contributed by atoms with Crippen LogP contribution < -0.4 is 10.1 Å². The maximum Gasteiger partial charge on any atom is 0.142 e. The molecule has 3 heteroatoms. The van der Waals surface area contributed by atoms with E-state index in [1.807, 2.05) is 18.2 Å². The number of hydrogen-bond acceptors (Lipinski definition) is 3. The van der Waals surface area contributed by atoms with E-state index >= 15 is 0 Å². The van der Waals surface area contributed by atoms with Crippen molar-refractivity contribution in [1.29, 1.82) is 0 Å². The predicted octanol–water partition coefficient (Wildman–Crippen LogP) is 4.46. The van der Waals surface area contributed by atoms with Crippen LogP contribution in [0.25, 0.3) is 0 Å². The molecule has 2 aromatic rings. The van der Waals surface area contributed by atoms with E-state index in [0.717, 1.165) is 31.0 Å². The molecule has 0 saturated heterocycles. The lowest BCUT2D eigenvalue weighted by molar-refractivity contribution is 0.319. The SMILES string of the molecule is CCCOc1ccccc1NCc1sccc1C. The normalized spacial score (nSPS) is 10.3. The molecular formula is C15H19NOS. The van der Waals surface area contributed by atoms with E-state index in [-0.39, 0.29) is 0 Å². The highest BCUT2D eigenvalue weighted by molar-refractivity contribution is 7.10. The van der Waals surface area contributed by atoms with Gasteiger partial charge in [0.2, 0.25) is 0 Å². The summed E-state index contributed by atoms with van der Waals surface area (Å²) in [5.74, 6) is 0.938. The number of hydrogen-bond donors (Lipinski definition) is 1. The van der Waals surface area contributed by atoms with Crippen LogP contribution in [-0.4, -0.2) is 6.61 Å². The van der Waals surface area contributed by atoms with Crippen molar-refractivity contribution in [3.05, 3.63) is 46.2 Å². The Kier molecular flexibility index (Phi) is 4.65. The van der Waals surface area contributed by atoms with Gasteiger partial charge in [0, 0.05) is 11.4 Å². The molecule has 0 aliphatic heterocycles. The van der Waals surface area contributed by atoms with Gasteiger partial charge in [-0.05, 0) is 42.5 Å². The van der Waals surface area contributed by atoms with Crippen molar-refractivity contribution in [2.45, 2.75) is 26.8 Å². The van der Waals surface area contributed by atoms with Crippen LogP contribution in [0.1, 0.15) is 23.8 Å². The van der Waals surface area contributed by atoms with Crippen molar-refractivity contribution >= 4 is 17.0 Å². The molecule has 1 aromatic heterocycles. The molecule has 1 N–H and O–H groups in total. The summed E-state index contributed by atoms with van der Waals surface area (Å²) in [5.41, 5.74) is 2.42. The van der Waals surface area contributed by atoms with Crippen LogP contribution in [0.3, 0.4) is 0 Å². The van der Waals surface area contributed by atoms with E-state index in [4.69, 9.17) is 4.74 Å². The maximum atomic E-state index is 5.73. The topological polar surface area (TPSA) is 21.3 Å². The number of anilines is 1. The molecule has 2 rings (SSSR count). The number of para-hydroxylation sites is 2. The number of aryl methyl sites for hydroxylation is 1. The Morgan fingerprint density at radius 1 is 1.22 bits per heavy atom. The summed E-state index contributed by atoms with van der Waals surface area (Å²) >= 11 is 1.79. The fourth-order valence-electron chi connectivity index (χ4n) is 1.71. The molecule has 0 aliphatic carbocycles. The van der Waals surface area contributed by atoms with Crippen LogP contribution in [0.15, 0.2) is 35.7 Å². The molecule has 0 spiro atoms. The molecule has 0 radical (unpaired) electrons. The largest absolute Gasteiger partial charge is 0.491 e. The Morgan fingerprint density at radius 3 is 2.78 bits per heavy atom. The van der Waals surface area contributed by atoms with Gasteiger partial charge in [-0.25, -0.2) is 0 Å². The van der Waals surface area contributed by atoms with Crippen molar-refractivity contribution in [3.63, 3.8) is 0 Å². The van der Waals surface area contributed by atoms with Gasteiger partial charge in [-0.1, -0.05) is 19.1 Å². The Morgan fingerprint density at radius 2 is 2.06 bits per heavy atom. The number of rotatable bonds is 6. The Labute approximate surface area is 113 Å². The predicted molar refractivity (Wildman–Crippen MR) is 78.6 cm³/mol. The lowest BCUT2D eigenvalue weighted by Gasteiger charge is -2.12. The lowest BCUT2D eigenvalue weighted by Crippen LogP contribution is -2.03. The average Bonchev–Trinajstić information content (AvgIpc) is 2.80. The molecule has 0 aliphatic rings. The van der Waals surface area contributed by atoms with E-state index < -0.39 is 0 Å². The van der Waals surface area contributed by atoms with Gasteiger partial charge >= 0.3 is 0 Å². The number of thiophene rings is 1. The van der Waals surface area contributed by atoms with Crippen molar-refractivity contribution in [2.75, 3.05) is 11.9 Å². The summed E-state index contributed by atoms with van der Waals surface area (Å²) in [7, 11) is 0. The minimum atomic E-state index is 0.761. The second kappa shape index (κ2) is 6.45. The van der Waals surface area contributed by atoms with Crippen LogP contribution in [0.2, 0.25) is 0 Å². The first-order valence-electron chi connectivity index (χ1n) is 6.30. The zero-order valence-electron chi connectivity index (χ0n) is 10.9. The first kappa shape index (κ1) is 13.0. The molecule has 0 bridgehead atoms. The van der Waals surface area contributed by atoms with Crippen molar-refractivity contribution in [3.8, 4) is 5.75 Å². The number of nitrogens with one attached hydrogen (secondary N) is 1. The molecule has 0 saturated carbocycles. The van der Waals surface area contributed by atoms with Gasteiger partial charge in [0.1, 0.15) is 5.75 Å². The summed E-state index contributed by atoms with van der Waals surface area (Å²) in [6, 6.07) is 10.3. The van der Waals surface area contributed by atoms with E-state index in [1.54, 1.807) is 11.3 Å². The van der Waals surface area contributed by atoms with Crippen molar-refractivity contribution in [1.82, 2.24) is 0 Å². The number of ether oxygens (including phenoxy) is 1. The van der Waals surface area contributed by atoms with Gasteiger partial charge in [0.05, 0.1) is 12.3 Å². The summed E-state index contributed by atoms with van der Waals surface area (Å²) in [4.78, 5) is 1.38. The van der Waals surface area contributed by atoms with E-state index in [9.17, 15) is 0 Å². The fraction of sp³-hybridized carbons (Fsp3) is 0.333. The van der Waals surface area contributed by atoms with Crippen molar-refractivity contribution in [2.24, 2.45) is 0 Å². The Bertz CT molecular complexity index is 493. The highest BCUT2D eigenvalue weighted by atomic mass is 32.1. The van der Waals surface area contributed by atoms with Gasteiger partial charge < -0.3 is 10.1 Å². The Balaban J connectivity index is 2.02. The second-order valence-electron chi connectivity index (χ2n) is 4.22. The zero-order valence-corrected chi connectivity index (χ0v) is 11.7. The van der Waals surface area contributed by atoms with Crippen LogP contribution in [0, 0.1) is 6.92 Å². The fourth-order valence-corrected chi connectivity index (χ4v) is 2.56. The van der Waals surface area contributed by atoms with Crippen LogP contribution in [-0.2, 0) is 6.54 Å². The monoisotopic (exact) mass is 261 g/mol. The maximum absolute atomic E-state index is 5.73. The summed E-state index contributed by atoms with van der Waals surface area (Å²) in [5, 5.41) is 5.58. The van der Waals surface area contributed by atoms with Gasteiger partial charge in [0.25, 0.3) is 0 Å². The van der Waals surface area contributed by atoms with Gasteiger partial charge in [-0.15, -0.1) is 11.3 Å². The zero-order chi connectivity index (χ0) is 12.8. The van der Waals surface area contributed by atoms with Crippen molar-refractivity contribution < 1.29 is 4.74 Å². The molecule has 0 fully saturated rings. The van der Waals surface area contributed by atoms with E-state index in [2.05, 4.69) is 36.7 Å². The standard InChI is InChI=1S/C15H19NOS/c1-3-9-17-14-7-5-4-6-13(14)16-11-15-12(2)8-10-18-15/h4-8,10,16H,3,9,11H2,1-2H3. The van der Waals surface area contributed by atoms with Crippen LogP contribution in [0.4, 0.5) is 5.69 Å². The third-order valence-electron chi connectivity index (χ3n) is 2.76. The third-order valence-corrected chi connectivity index (χ3v) is 3.78. The highest BCUT2D eigenvalue weighted by Crippen LogP contribution is 2.25. The van der Waals surface area contributed by atoms with Gasteiger partial charge in [0.15, 0.2) is 0 Å². The second-order valence-corrected chi connectivity index (χ2v) is 5.23. The van der Waals surface area contributed by atoms with Gasteiger partial charge in [-0.2, -0.15) is 0 Å². The quantitative estimate of drug-likeness (QED) is 0.829. The van der Waals surface area contributed by atoms with E-state index in [1.165, 1.54) is 10.4 Å². The van der Waals surface area contributed by atoms with Crippen LogP contribution in [0.5, 0.6) is 5.75 Å². The minimum absolute atomic E-state index is 0.761.